The van der Waals surface area contributed by atoms with Crippen LogP contribution in [0.4, 0.5) is 0 Å². The molecule has 0 radical (unpaired) electrons. The van der Waals surface area contributed by atoms with Crippen LogP contribution in [0.2, 0.25) is 5.02 Å². The van der Waals surface area contributed by atoms with Crippen molar-refractivity contribution in [2.24, 2.45) is 5.92 Å². The predicted octanol–water partition coefficient (Wildman–Crippen LogP) is 2.84. The lowest BCUT2D eigenvalue weighted by molar-refractivity contribution is -0.288. The van der Waals surface area contributed by atoms with Gasteiger partial charge in [-0.1, -0.05) is 29.8 Å². The molecule has 2 aromatic rings. The second kappa shape index (κ2) is 8.29. The second-order valence-electron chi connectivity index (χ2n) is 7.91. The van der Waals surface area contributed by atoms with Gasteiger partial charge in [0.25, 0.3) is 0 Å². The molecule has 2 aliphatic rings. The SMILES string of the molecule is CCOc1ccc(Cc2cc([C@@]34OC[C@@](CO)(C[C@H](C=O)[C@H]3O)O4)ccc2Cl)cc1. The van der Waals surface area contributed by atoms with Crippen molar-refractivity contribution in [2.45, 2.75) is 37.3 Å². The fraction of sp³-hybridized carbons (Fsp3) is 0.435. The smallest absolute Gasteiger partial charge is 0.223 e. The first kappa shape index (κ1) is 21.3. The van der Waals surface area contributed by atoms with Gasteiger partial charge in [0.2, 0.25) is 5.79 Å². The summed E-state index contributed by atoms with van der Waals surface area (Å²) in [6.07, 6.45) is 0.296. The highest BCUT2D eigenvalue weighted by atomic mass is 35.5. The number of rotatable bonds is 7. The summed E-state index contributed by atoms with van der Waals surface area (Å²) in [6, 6.07) is 13.1. The molecule has 2 aromatic carbocycles. The summed E-state index contributed by atoms with van der Waals surface area (Å²) in [5, 5.41) is 21.3. The molecule has 4 atom stereocenters. The van der Waals surface area contributed by atoms with Gasteiger partial charge in [0, 0.05) is 16.5 Å². The summed E-state index contributed by atoms with van der Waals surface area (Å²) in [4.78, 5) is 11.6. The number of ether oxygens (including phenoxy) is 3. The van der Waals surface area contributed by atoms with Crippen LogP contribution in [-0.2, 0) is 26.5 Å². The quantitative estimate of drug-likeness (QED) is 0.654. The number of aliphatic hydroxyl groups is 2. The zero-order valence-corrected chi connectivity index (χ0v) is 17.5. The Hall–Kier alpha value is -1.96. The maximum Gasteiger partial charge on any atom is 0.223 e. The fourth-order valence-corrected chi connectivity index (χ4v) is 4.47. The number of carbonyl (C=O) groups excluding carboxylic acids is 1. The minimum absolute atomic E-state index is 0.0990. The molecular formula is C23H25ClO6. The topological polar surface area (TPSA) is 85.2 Å². The fourth-order valence-electron chi connectivity index (χ4n) is 4.28. The minimum Gasteiger partial charge on any atom is -0.494 e. The van der Waals surface area contributed by atoms with Crippen molar-refractivity contribution in [1.29, 1.82) is 0 Å². The van der Waals surface area contributed by atoms with Crippen LogP contribution in [0.15, 0.2) is 42.5 Å². The van der Waals surface area contributed by atoms with Crippen molar-refractivity contribution in [3.8, 4) is 5.75 Å². The first-order valence-corrected chi connectivity index (χ1v) is 10.4. The third kappa shape index (κ3) is 3.63. The Labute approximate surface area is 180 Å². The van der Waals surface area contributed by atoms with E-state index in [2.05, 4.69) is 0 Å². The van der Waals surface area contributed by atoms with Crippen LogP contribution < -0.4 is 4.74 Å². The van der Waals surface area contributed by atoms with Crippen LogP contribution in [0.1, 0.15) is 30.0 Å². The summed E-state index contributed by atoms with van der Waals surface area (Å²) in [5.41, 5.74) is 1.45. The molecule has 4 rings (SSSR count). The van der Waals surface area contributed by atoms with E-state index >= 15 is 0 Å². The molecule has 30 heavy (non-hydrogen) atoms. The maximum atomic E-state index is 11.6. The molecule has 0 aromatic heterocycles. The van der Waals surface area contributed by atoms with Gasteiger partial charge in [-0.2, -0.15) is 0 Å². The molecule has 0 saturated carbocycles. The second-order valence-corrected chi connectivity index (χ2v) is 8.32. The number of benzene rings is 2. The molecule has 2 N–H and O–H groups in total. The molecule has 0 aliphatic carbocycles. The van der Waals surface area contributed by atoms with Gasteiger partial charge < -0.3 is 29.2 Å². The van der Waals surface area contributed by atoms with Crippen molar-refractivity contribution in [2.75, 3.05) is 19.8 Å². The van der Waals surface area contributed by atoms with Gasteiger partial charge >= 0.3 is 0 Å². The van der Waals surface area contributed by atoms with Crippen LogP contribution in [0.25, 0.3) is 0 Å². The summed E-state index contributed by atoms with van der Waals surface area (Å²) in [6.45, 7) is 2.35. The molecule has 2 aliphatic heterocycles. The Morgan fingerprint density at radius 3 is 2.70 bits per heavy atom. The van der Waals surface area contributed by atoms with Crippen LogP contribution in [-0.4, -0.2) is 48.0 Å². The van der Waals surface area contributed by atoms with Crippen LogP contribution in [0.5, 0.6) is 5.75 Å². The highest BCUT2D eigenvalue weighted by Crippen LogP contribution is 2.51. The van der Waals surface area contributed by atoms with Crippen molar-refractivity contribution in [3.63, 3.8) is 0 Å². The van der Waals surface area contributed by atoms with E-state index in [1.807, 2.05) is 37.3 Å². The average Bonchev–Trinajstić information content (AvgIpc) is 3.11. The van der Waals surface area contributed by atoms with Gasteiger partial charge in [0.05, 0.1) is 19.8 Å². The van der Waals surface area contributed by atoms with E-state index in [1.165, 1.54) is 0 Å². The van der Waals surface area contributed by atoms with E-state index in [0.29, 0.717) is 29.9 Å². The lowest BCUT2D eigenvalue weighted by Crippen LogP contribution is -2.55. The number of fused-ring (bicyclic) bond motifs is 2. The largest absolute Gasteiger partial charge is 0.494 e. The highest BCUT2D eigenvalue weighted by molar-refractivity contribution is 6.31. The monoisotopic (exact) mass is 432 g/mol. The Kier molecular flexibility index (Phi) is 5.88. The van der Waals surface area contributed by atoms with Crippen molar-refractivity contribution < 1.29 is 29.2 Å². The third-order valence-electron chi connectivity index (χ3n) is 5.86. The number of aliphatic hydroxyl groups excluding tert-OH is 2. The van der Waals surface area contributed by atoms with Crippen molar-refractivity contribution in [3.05, 3.63) is 64.2 Å². The summed E-state index contributed by atoms with van der Waals surface area (Å²) >= 11 is 6.45. The molecule has 2 bridgehead atoms. The van der Waals surface area contributed by atoms with E-state index in [0.717, 1.165) is 16.9 Å². The van der Waals surface area contributed by atoms with Crippen LogP contribution in [0, 0.1) is 5.92 Å². The number of hydrogen-bond acceptors (Lipinski definition) is 6. The standard InChI is InChI=1S/C23H25ClO6/c1-2-28-19-6-3-15(4-7-19)9-16-10-18(5-8-20(16)24)23-21(27)17(12-25)11-22(13-26,30-23)14-29-23/h3-8,10,12,17,21,26-27H,2,9,11,13-14H2,1H3/t17-,21-,22+,23+/m1/s1. The molecule has 0 spiro atoms. The minimum atomic E-state index is -1.51. The Morgan fingerprint density at radius 1 is 1.27 bits per heavy atom. The molecule has 2 saturated heterocycles. The van der Waals surface area contributed by atoms with Gasteiger partial charge in [-0.3, -0.25) is 0 Å². The Bertz CT molecular complexity index is 916. The normalized spacial score (nSPS) is 30.3. The predicted molar refractivity (Wildman–Crippen MR) is 111 cm³/mol. The van der Waals surface area contributed by atoms with Crippen molar-refractivity contribution in [1.82, 2.24) is 0 Å². The zero-order valence-electron chi connectivity index (χ0n) is 16.7. The van der Waals surface area contributed by atoms with Gasteiger partial charge in [-0.25, -0.2) is 0 Å². The lowest BCUT2D eigenvalue weighted by atomic mass is 9.81. The number of hydrogen-bond donors (Lipinski definition) is 2. The Balaban J connectivity index is 1.66. The zero-order chi connectivity index (χ0) is 21.4. The number of aldehydes is 1. The summed E-state index contributed by atoms with van der Waals surface area (Å²) in [5.74, 6) is -1.40. The van der Waals surface area contributed by atoms with Crippen LogP contribution >= 0.6 is 11.6 Å². The third-order valence-corrected chi connectivity index (χ3v) is 6.23. The van der Waals surface area contributed by atoms with E-state index in [-0.39, 0.29) is 19.6 Å². The van der Waals surface area contributed by atoms with E-state index in [4.69, 9.17) is 25.8 Å². The first-order valence-electron chi connectivity index (χ1n) is 10.0. The van der Waals surface area contributed by atoms with Gasteiger partial charge in [0.15, 0.2) is 0 Å². The molecule has 2 fully saturated rings. The molecule has 160 valence electrons. The van der Waals surface area contributed by atoms with E-state index in [9.17, 15) is 15.0 Å². The Morgan fingerprint density at radius 2 is 2.03 bits per heavy atom. The average molecular weight is 433 g/mol. The van der Waals surface area contributed by atoms with Gasteiger partial charge in [0.1, 0.15) is 23.7 Å². The summed E-state index contributed by atoms with van der Waals surface area (Å²) in [7, 11) is 0. The summed E-state index contributed by atoms with van der Waals surface area (Å²) < 4.78 is 17.5. The molecule has 0 amide bonds. The number of halogens is 1. The first-order chi connectivity index (χ1) is 14.4. The van der Waals surface area contributed by atoms with Crippen molar-refractivity contribution >= 4 is 17.9 Å². The molecule has 7 heteroatoms. The molecule has 6 nitrogen and oxygen atoms in total. The van der Waals surface area contributed by atoms with Crippen LogP contribution in [0.3, 0.4) is 0 Å². The number of carbonyl (C=O) groups is 1. The molecular weight excluding hydrogens is 408 g/mol. The van der Waals surface area contributed by atoms with E-state index in [1.54, 1.807) is 12.1 Å². The maximum absolute atomic E-state index is 11.6. The van der Waals surface area contributed by atoms with Gasteiger partial charge in [-0.15, -0.1) is 0 Å². The molecule has 0 unspecified atom stereocenters. The lowest BCUT2D eigenvalue weighted by Gasteiger charge is -2.43. The highest BCUT2D eigenvalue weighted by Gasteiger charge is 2.62. The van der Waals surface area contributed by atoms with E-state index < -0.39 is 23.4 Å². The van der Waals surface area contributed by atoms with Gasteiger partial charge in [-0.05, 0) is 55.2 Å². The molecule has 2 heterocycles.